The zero-order valence-electron chi connectivity index (χ0n) is 36.6. The van der Waals surface area contributed by atoms with Gasteiger partial charge in [-0.25, -0.2) is 0 Å². The van der Waals surface area contributed by atoms with Gasteiger partial charge in [-0.1, -0.05) is 38.3 Å². The van der Waals surface area contributed by atoms with Gasteiger partial charge in [0.05, 0.1) is 54.1 Å². The number of unbranched alkanes of at least 4 members (excludes halogenated alkanes) is 3. The molecule has 6 rings (SSSR count). The van der Waals surface area contributed by atoms with E-state index in [4.69, 9.17) is 28.4 Å². The number of methoxy groups -OCH3 is 1. The molecule has 11 atom stereocenters. The van der Waals surface area contributed by atoms with Gasteiger partial charge in [0.15, 0.2) is 24.1 Å². The minimum Gasteiger partial charge on any atom is -0.507 e. The molecule has 5 N–H and O–H groups in total. The summed E-state index contributed by atoms with van der Waals surface area (Å²) in [6, 6.07) is 2.53. The van der Waals surface area contributed by atoms with Gasteiger partial charge in [-0.3, -0.25) is 28.8 Å². The smallest absolute Gasteiger partial charge is 0.471 e. The van der Waals surface area contributed by atoms with Crippen LogP contribution in [0, 0.1) is 50.0 Å². The standard InChI is InChI=1S/C44H52F3NO16.Ac/c1-7-8-9-10-14-27(51)43(58)16-23-31(37(55)33-32(35(23)53)34(52)22-12-11-13-25(59-6)30(22)36(33)54)26(17-43)63-28-15-24(48-42(57)44(45,46)47)39(19(3)60-28)64-41-38(56)29(18(2)49)40(20(4)61-41)62-21(5)50;/h11-13,19-20,24,26,28-29,38-41,53,55-56,58H,7-10,14-17H2,1-6H3,(H,48,57);/t19?,20?,24?,26-,28?,29?,38?,39?,40?,41?,43-;/m0./s1. The number of carbonyl (C=O) groups is 6. The predicted octanol–water partition coefficient (Wildman–Crippen LogP) is 3.97. The summed E-state index contributed by atoms with van der Waals surface area (Å²) in [5.74, 6) is -9.29. The number of aromatic hydroxyl groups is 2. The number of fused-ring (bicyclic) bond motifs is 3. The summed E-state index contributed by atoms with van der Waals surface area (Å²) in [4.78, 5) is 79.0. The van der Waals surface area contributed by atoms with Crippen molar-refractivity contribution >= 4 is 35.0 Å². The third kappa shape index (κ3) is 10.5. The van der Waals surface area contributed by atoms with Crippen LogP contribution in [0.2, 0.25) is 0 Å². The summed E-state index contributed by atoms with van der Waals surface area (Å²) < 4.78 is 76.1. The van der Waals surface area contributed by atoms with Gasteiger partial charge >= 0.3 is 18.1 Å². The fraction of sp³-hybridized carbons (Fsp3) is 0.591. The number of alkyl halides is 3. The van der Waals surface area contributed by atoms with E-state index < -0.39 is 150 Å². The number of aliphatic hydroxyl groups excluding tert-OH is 1. The third-order valence-electron chi connectivity index (χ3n) is 12.3. The van der Waals surface area contributed by atoms with Crippen molar-refractivity contribution in [2.45, 2.75) is 153 Å². The van der Waals surface area contributed by atoms with E-state index >= 15 is 0 Å². The Morgan fingerprint density at radius 1 is 0.923 bits per heavy atom. The molecule has 2 aliphatic carbocycles. The Hall–Kier alpha value is -3.55. The SMILES string of the molecule is CCCCCCC(=O)[C@]1(O)Cc2c(O)c3c(c(O)c2[C@@H](OC2CC(NC(=O)C(F)(F)F)C(OC4OC(C)C(OC(C)=O)C(C(C)=O)C4O)C(C)O2)C1)C(=O)c1c(OC)cccc1C3=O.[Ac]. The normalized spacial score (nSPS) is 29.6. The number of phenolic OH excluding ortho intramolecular Hbond substituents is 2. The molecule has 9 unspecified atom stereocenters. The van der Waals surface area contributed by atoms with E-state index in [1.54, 1.807) is 0 Å². The minimum absolute atomic E-state index is 0. The van der Waals surface area contributed by atoms with Gasteiger partial charge in [0, 0.05) is 93.4 Å². The van der Waals surface area contributed by atoms with Crippen molar-refractivity contribution in [1.82, 2.24) is 5.32 Å². The monoisotopic (exact) mass is 1130 g/mol. The molecule has 2 aliphatic heterocycles. The number of ketones is 4. The van der Waals surface area contributed by atoms with Crippen molar-refractivity contribution in [1.29, 1.82) is 0 Å². The maximum Gasteiger partial charge on any atom is 0.471 e. The second-order valence-electron chi connectivity index (χ2n) is 16.7. The summed E-state index contributed by atoms with van der Waals surface area (Å²) in [5.41, 5.74) is -4.48. The molecular weight excluding hydrogens is 1080 g/mol. The van der Waals surface area contributed by atoms with Gasteiger partial charge in [-0.05, 0) is 33.3 Å². The number of hydrogen-bond acceptors (Lipinski definition) is 16. The van der Waals surface area contributed by atoms with E-state index in [1.165, 1.54) is 39.2 Å². The molecule has 21 heteroatoms. The number of rotatable bonds is 14. The molecule has 2 heterocycles. The Morgan fingerprint density at radius 2 is 1.58 bits per heavy atom. The van der Waals surface area contributed by atoms with Gasteiger partial charge in [0.1, 0.15) is 46.9 Å². The van der Waals surface area contributed by atoms with E-state index in [0.717, 1.165) is 26.7 Å². The second-order valence-corrected chi connectivity index (χ2v) is 16.7. The summed E-state index contributed by atoms with van der Waals surface area (Å²) in [6.45, 7) is 6.92. The van der Waals surface area contributed by atoms with Crippen LogP contribution in [0.4, 0.5) is 13.2 Å². The molecule has 17 nitrogen and oxygen atoms in total. The number of ether oxygens (including phenoxy) is 6. The Kier molecular flexibility index (Phi) is 16.7. The molecule has 0 saturated carbocycles. The van der Waals surface area contributed by atoms with E-state index in [2.05, 4.69) is 0 Å². The first kappa shape index (κ1) is 52.4. The van der Waals surface area contributed by atoms with Crippen LogP contribution in [0.25, 0.3) is 0 Å². The summed E-state index contributed by atoms with van der Waals surface area (Å²) in [7, 11) is 1.26. The number of benzene rings is 2. The number of nitrogens with one attached hydrogen (secondary N) is 1. The molecule has 65 heavy (non-hydrogen) atoms. The maximum absolute atomic E-state index is 14.1. The van der Waals surface area contributed by atoms with Crippen molar-refractivity contribution < 1.29 is 135 Å². The number of hydrogen-bond donors (Lipinski definition) is 5. The maximum atomic E-state index is 14.1. The number of carbonyl (C=O) groups excluding carboxylic acids is 6. The number of halogens is 3. The molecule has 2 aromatic rings. The first-order chi connectivity index (χ1) is 30.0. The van der Waals surface area contributed by atoms with Crippen molar-refractivity contribution in [3.05, 3.63) is 51.6 Å². The quantitative estimate of drug-likeness (QED) is 0.0871. The zero-order valence-corrected chi connectivity index (χ0v) is 41.3. The number of esters is 1. The van der Waals surface area contributed by atoms with Crippen LogP contribution in [-0.2, 0) is 49.3 Å². The van der Waals surface area contributed by atoms with Gasteiger partial charge < -0.3 is 54.2 Å². The average molecular weight is 1130 g/mol. The molecular formula is C44H52AcF3NO16. The third-order valence-corrected chi connectivity index (χ3v) is 12.3. The van der Waals surface area contributed by atoms with E-state index in [9.17, 15) is 62.4 Å². The van der Waals surface area contributed by atoms with E-state index in [1.807, 2.05) is 12.2 Å². The number of phenols is 2. The van der Waals surface area contributed by atoms with E-state index in [0.29, 0.717) is 12.8 Å². The largest absolute Gasteiger partial charge is 0.507 e. The van der Waals surface area contributed by atoms with Crippen LogP contribution >= 0.6 is 0 Å². The Bertz CT molecular complexity index is 2200. The van der Waals surface area contributed by atoms with Gasteiger partial charge in [0.25, 0.3) is 0 Å². The van der Waals surface area contributed by atoms with E-state index in [-0.39, 0.29) is 78.5 Å². The number of Topliss-reactive ketones (excluding diaryl/α,β-unsaturated/α-hetero) is 2. The van der Waals surface area contributed by atoms with Gasteiger partial charge in [-0.2, -0.15) is 13.2 Å². The number of aliphatic hydroxyl groups is 2. The van der Waals surface area contributed by atoms with Crippen LogP contribution < -0.4 is 10.1 Å². The number of amides is 1. The molecule has 2 fully saturated rings. The average Bonchev–Trinajstić information content (AvgIpc) is 3.21. The van der Waals surface area contributed by atoms with Crippen LogP contribution in [0.1, 0.15) is 129 Å². The second kappa shape index (κ2) is 20.8. The van der Waals surface area contributed by atoms with Crippen molar-refractivity contribution in [2.75, 3.05) is 7.11 Å². The molecule has 0 aromatic heterocycles. The van der Waals surface area contributed by atoms with Gasteiger partial charge in [0.2, 0.25) is 5.78 Å². The predicted molar refractivity (Wildman–Crippen MR) is 212 cm³/mol. The first-order valence-corrected chi connectivity index (χ1v) is 21.0. The molecule has 1 amide bonds. The molecule has 1 radical (unpaired) electrons. The topological polar surface area (TPSA) is 251 Å². The minimum atomic E-state index is -5.40. The zero-order chi connectivity index (χ0) is 47.2. The molecule has 353 valence electrons. The first-order valence-electron chi connectivity index (χ1n) is 21.0. The van der Waals surface area contributed by atoms with Crippen LogP contribution in [0.5, 0.6) is 17.2 Å². The Labute approximate surface area is 407 Å². The summed E-state index contributed by atoms with van der Waals surface area (Å²) in [5, 5.41) is 49.1. The van der Waals surface area contributed by atoms with Crippen molar-refractivity contribution in [3.63, 3.8) is 0 Å². The van der Waals surface area contributed by atoms with Crippen LogP contribution in [0.3, 0.4) is 0 Å². The van der Waals surface area contributed by atoms with Crippen LogP contribution in [-0.4, -0.2) is 123 Å². The van der Waals surface area contributed by atoms with Crippen LogP contribution in [0.15, 0.2) is 18.2 Å². The van der Waals surface area contributed by atoms with Gasteiger partial charge in [-0.15, -0.1) is 0 Å². The molecule has 2 saturated heterocycles. The van der Waals surface area contributed by atoms with Crippen molar-refractivity contribution in [2.24, 2.45) is 5.92 Å². The molecule has 0 bridgehead atoms. The molecule has 0 spiro atoms. The van der Waals surface area contributed by atoms with Crippen molar-refractivity contribution in [3.8, 4) is 17.2 Å². The molecule has 4 aliphatic rings. The fourth-order valence-corrected chi connectivity index (χ4v) is 9.23. The Morgan fingerprint density at radius 3 is 2.20 bits per heavy atom. The summed E-state index contributed by atoms with van der Waals surface area (Å²) in [6.07, 6.45) is -16.8. The summed E-state index contributed by atoms with van der Waals surface area (Å²) >= 11 is 0. The fourth-order valence-electron chi connectivity index (χ4n) is 9.23. The Balaban J connectivity index is 0.00000793. The molecule has 2 aromatic carbocycles.